The predicted octanol–water partition coefficient (Wildman–Crippen LogP) is 2.72. The second-order valence-corrected chi connectivity index (χ2v) is 8.39. The molecular formula is C26H25N7O3. The number of carbonyl (C=O) groups excluding carboxylic acids is 1. The van der Waals surface area contributed by atoms with Crippen molar-refractivity contribution >= 4 is 28.4 Å². The second-order valence-electron chi connectivity index (χ2n) is 8.39. The van der Waals surface area contributed by atoms with Crippen LogP contribution in [0.2, 0.25) is 0 Å². The maximum absolute atomic E-state index is 13.1. The number of nitrogens with one attached hydrogen (secondary N) is 1. The number of aliphatic hydroxyl groups is 1. The van der Waals surface area contributed by atoms with Crippen molar-refractivity contribution in [3.8, 4) is 16.8 Å². The minimum Gasteiger partial charge on any atom is -0.395 e. The highest BCUT2D eigenvalue weighted by atomic mass is 16.3. The molecular weight excluding hydrogens is 458 g/mol. The van der Waals surface area contributed by atoms with Crippen LogP contribution in [0.1, 0.15) is 16.1 Å². The summed E-state index contributed by atoms with van der Waals surface area (Å²) in [5.41, 5.74) is 9.92. The highest BCUT2D eigenvalue weighted by molar-refractivity contribution is 6.05. The van der Waals surface area contributed by atoms with E-state index in [0.29, 0.717) is 40.5 Å². The number of aromatic nitrogens is 5. The summed E-state index contributed by atoms with van der Waals surface area (Å²) in [4.78, 5) is 34.7. The summed E-state index contributed by atoms with van der Waals surface area (Å²) in [6, 6.07) is 16.4. The molecule has 36 heavy (non-hydrogen) atoms. The third-order valence-corrected chi connectivity index (χ3v) is 6.26. The van der Waals surface area contributed by atoms with E-state index in [-0.39, 0.29) is 17.7 Å². The molecule has 0 spiro atoms. The zero-order valence-electron chi connectivity index (χ0n) is 19.8. The van der Waals surface area contributed by atoms with Gasteiger partial charge < -0.3 is 20.7 Å². The number of amides is 1. The molecule has 4 N–H and O–H groups in total. The second kappa shape index (κ2) is 9.16. The Balaban J connectivity index is 1.45. The van der Waals surface area contributed by atoms with Crippen LogP contribution in [0.25, 0.3) is 27.8 Å². The molecule has 0 aliphatic heterocycles. The molecule has 5 aromatic rings. The topological polar surface area (TPSA) is 133 Å². The third kappa shape index (κ3) is 3.83. The van der Waals surface area contributed by atoms with Gasteiger partial charge in [0.1, 0.15) is 23.4 Å². The Morgan fingerprint density at radius 3 is 2.50 bits per heavy atom. The maximum atomic E-state index is 13.1. The molecule has 182 valence electrons. The molecule has 0 unspecified atom stereocenters. The van der Waals surface area contributed by atoms with Crippen molar-refractivity contribution < 1.29 is 9.90 Å². The molecule has 10 nitrogen and oxygen atoms in total. The molecule has 0 aliphatic rings. The number of rotatable bonds is 6. The predicted molar refractivity (Wildman–Crippen MR) is 138 cm³/mol. The molecule has 3 aromatic heterocycles. The standard InChI is InChI=1S/C26H25N7O3/c1-16-21(26(36)33(31(16)2)19-6-4-3-5-7-19)25(35)30-18-10-8-17(9-11-18)20-14-32(12-13-34)24-22(20)23(27)28-15-29-24/h3-11,14-15,34H,12-13H2,1-2H3,(H,30,35)(H2,27,28,29). The number of anilines is 2. The van der Waals surface area contributed by atoms with Crippen molar-refractivity contribution in [1.29, 1.82) is 0 Å². The van der Waals surface area contributed by atoms with Crippen molar-refractivity contribution in [3.63, 3.8) is 0 Å². The Bertz CT molecular complexity index is 1630. The van der Waals surface area contributed by atoms with Crippen LogP contribution in [0.4, 0.5) is 11.5 Å². The van der Waals surface area contributed by atoms with Crippen LogP contribution < -0.4 is 16.6 Å². The number of hydrogen-bond acceptors (Lipinski definition) is 6. The maximum Gasteiger partial charge on any atom is 0.284 e. The van der Waals surface area contributed by atoms with E-state index in [0.717, 1.165) is 11.1 Å². The highest BCUT2D eigenvalue weighted by Crippen LogP contribution is 2.33. The minimum atomic E-state index is -0.479. The van der Waals surface area contributed by atoms with Crippen LogP contribution in [0.3, 0.4) is 0 Å². The number of nitrogens with two attached hydrogens (primary N) is 1. The van der Waals surface area contributed by atoms with Gasteiger partial charge in [-0.2, -0.15) is 0 Å². The first-order valence-corrected chi connectivity index (χ1v) is 11.4. The Morgan fingerprint density at radius 2 is 1.81 bits per heavy atom. The molecule has 3 heterocycles. The van der Waals surface area contributed by atoms with E-state index >= 15 is 0 Å². The molecule has 0 atom stereocenters. The summed E-state index contributed by atoms with van der Waals surface area (Å²) >= 11 is 0. The number of benzene rings is 2. The van der Waals surface area contributed by atoms with Gasteiger partial charge in [0.15, 0.2) is 0 Å². The molecule has 0 saturated heterocycles. The highest BCUT2D eigenvalue weighted by Gasteiger charge is 2.22. The Hall–Kier alpha value is -4.70. The number of nitrogens with zero attached hydrogens (tertiary/aromatic N) is 5. The van der Waals surface area contributed by atoms with E-state index in [1.807, 2.05) is 53.2 Å². The molecule has 0 radical (unpaired) electrons. The van der Waals surface area contributed by atoms with E-state index < -0.39 is 5.91 Å². The van der Waals surface area contributed by atoms with Crippen molar-refractivity contribution in [2.45, 2.75) is 13.5 Å². The van der Waals surface area contributed by atoms with Gasteiger partial charge in [0.25, 0.3) is 11.5 Å². The van der Waals surface area contributed by atoms with Gasteiger partial charge in [-0.15, -0.1) is 0 Å². The quantitative estimate of drug-likeness (QED) is 0.340. The van der Waals surface area contributed by atoms with Crippen LogP contribution in [0.5, 0.6) is 0 Å². The normalized spacial score (nSPS) is 11.2. The molecule has 0 bridgehead atoms. The molecule has 2 aromatic carbocycles. The fourth-order valence-corrected chi connectivity index (χ4v) is 4.40. The molecule has 5 rings (SSSR count). The van der Waals surface area contributed by atoms with Crippen LogP contribution in [-0.4, -0.2) is 41.5 Å². The van der Waals surface area contributed by atoms with Crippen molar-refractivity contribution in [2.24, 2.45) is 7.05 Å². The van der Waals surface area contributed by atoms with Crippen LogP contribution in [0.15, 0.2) is 71.9 Å². The van der Waals surface area contributed by atoms with Gasteiger partial charge in [-0.05, 0) is 36.8 Å². The zero-order chi connectivity index (χ0) is 25.4. The van der Waals surface area contributed by atoms with Gasteiger partial charge in [-0.1, -0.05) is 30.3 Å². The van der Waals surface area contributed by atoms with Crippen molar-refractivity contribution in [1.82, 2.24) is 23.9 Å². The van der Waals surface area contributed by atoms with Crippen LogP contribution in [0, 0.1) is 6.92 Å². The van der Waals surface area contributed by atoms with Gasteiger partial charge in [0, 0.05) is 31.0 Å². The Kier molecular flexibility index (Phi) is 5.87. The van der Waals surface area contributed by atoms with E-state index in [1.54, 1.807) is 30.8 Å². The molecule has 1 amide bonds. The number of aliphatic hydroxyl groups excluding tert-OH is 1. The molecule has 10 heteroatoms. The molecule has 0 saturated carbocycles. The first kappa shape index (κ1) is 23.1. The fourth-order valence-electron chi connectivity index (χ4n) is 4.40. The average molecular weight is 484 g/mol. The largest absolute Gasteiger partial charge is 0.395 e. The van der Waals surface area contributed by atoms with Gasteiger partial charge in [-0.3, -0.25) is 14.3 Å². The van der Waals surface area contributed by atoms with E-state index in [2.05, 4.69) is 15.3 Å². The van der Waals surface area contributed by atoms with Crippen LogP contribution in [-0.2, 0) is 13.6 Å². The SMILES string of the molecule is Cc1c(C(=O)Nc2ccc(-c3cn(CCO)c4ncnc(N)c34)cc2)c(=O)n(-c2ccccc2)n1C. The summed E-state index contributed by atoms with van der Waals surface area (Å²) < 4.78 is 4.97. The van der Waals surface area contributed by atoms with E-state index in [9.17, 15) is 14.7 Å². The van der Waals surface area contributed by atoms with E-state index in [4.69, 9.17) is 5.73 Å². The summed E-state index contributed by atoms with van der Waals surface area (Å²) in [7, 11) is 1.75. The first-order valence-electron chi connectivity index (χ1n) is 11.4. The zero-order valence-corrected chi connectivity index (χ0v) is 19.8. The molecule has 0 aliphatic carbocycles. The number of fused-ring (bicyclic) bond motifs is 1. The fraction of sp³-hybridized carbons (Fsp3) is 0.154. The van der Waals surface area contributed by atoms with E-state index in [1.165, 1.54) is 11.0 Å². The van der Waals surface area contributed by atoms with Gasteiger partial charge >= 0.3 is 0 Å². The lowest BCUT2D eigenvalue weighted by Gasteiger charge is -2.07. The van der Waals surface area contributed by atoms with Gasteiger partial charge in [0.05, 0.1) is 23.4 Å². The van der Waals surface area contributed by atoms with Crippen molar-refractivity contribution in [2.75, 3.05) is 17.7 Å². The monoisotopic (exact) mass is 483 g/mol. The Morgan fingerprint density at radius 1 is 1.08 bits per heavy atom. The van der Waals surface area contributed by atoms with Gasteiger partial charge in [0.2, 0.25) is 0 Å². The Labute approximate surface area is 206 Å². The number of hydrogen-bond donors (Lipinski definition) is 3. The summed E-state index contributed by atoms with van der Waals surface area (Å²) in [5, 5.41) is 12.9. The third-order valence-electron chi connectivity index (χ3n) is 6.26. The lowest BCUT2D eigenvalue weighted by Crippen LogP contribution is -2.25. The summed E-state index contributed by atoms with van der Waals surface area (Å²) in [6.07, 6.45) is 3.27. The number of carbonyl (C=O) groups is 1. The smallest absolute Gasteiger partial charge is 0.284 e. The lowest BCUT2D eigenvalue weighted by molar-refractivity contribution is 0.102. The molecule has 0 fully saturated rings. The summed E-state index contributed by atoms with van der Waals surface area (Å²) in [6.45, 7) is 2.08. The first-order chi connectivity index (χ1) is 17.4. The number of para-hydroxylation sites is 1. The number of nitrogen functional groups attached to an aromatic ring is 1. The average Bonchev–Trinajstić information content (AvgIpc) is 3.35. The minimum absolute atomic E-state index is 0.0387. The van der Waals surface area contributed by atoms with Crippen LogP contribution >= 0.6 is 0 Å². The van der Waals surface area contributed by atoms with Gasteiger partial charge in [-0.25, -0.2) is 14.6 Å². The lowest BCUT2D eigenvalue weighted by atomic mass is 10.1. The van der Waals surface area contributed by atoms with Crippen molar-refractivity contribution in [3.05, 3.63) is 88.7 Å². The summed E-state index contributed by atoms with van der Waals surface area (Å²) in [5.74, 6) is -0.133.